The van der Waals surface area contributed by atoms with E-state index in [9.17, 15) is 8.42 Å². The Morgan fingerprint density at radius 2 is 1.79 bits per heavy atom. The lowest BCUT2D eigenvalue weighted by atomic mass is 9.79. The predicted octanol–water partition coefficient (Wildman–Crippen LogP) is 3.50. The second-order valence-electron chi connectivity index (χ2n) is 5.59. The van der Waals surface area contributed by atoms with Crippen LogP contribution in [0.4, 0.5) is 0 Å². The highest BCUT2D eigenvalue weighted by molar-refractivity contribution is 7.90. The van der Waals surface area contributed by atoms with Crippen molar-refractivity contribution in [3.8, 4) is 0 Å². The van der Waals surface area contributed by atoms with E-state index in [2.05, 4.69) is 4.40 Å². The van der Waals surface area contributed by atoms with Gasteiger partial charge in [-0.15, -0.1) is 0 Å². The van der Waals surface area contributed by atoms with Crippen LogP contribution in [-0.2, 0) is 10.0 Å². The van der Waals surface area contributed by atoms with Crippen LogP contribution in [0.3, 0.4) is 0 Å². The second-order valence-corrected chi connectivity index (χ2v) is 7.19. The van der Waals surface area contributed by atoms with Crippen molar-refractivity contribution in [3.05, 3.63) is 42.0 Å². The van der Waals surface area contributed by atoms with Gasteiger partial charge in [0.15, 0.2) is 0 Å². The van der Waals surface area contributed by atoms with Crippen LogP contribution in [0.25, 0.3) is 0 Å². The smallest absolute Gasteiger partial charge is 0.199 e. The standard InChI is InChI=1S/C15H19NO2S/c1-12-7-9-13(10-8-12)19(17,18)16-14-6-4-5-11-15(14,2)3/h4,6-10H,5,11H2,1-3H3/b16-14+. The van der Waals surface area contributed by atoms with Crippen molar-refractivity contribution < 1.29 is 8.42 Å². The largest absolute Gasteiger partial charge is 0.282 e. The highest BCUT2D eigenvalue weighted by Crippen LogP contribution is 2.30. The Morgan fingerprint density at radius 3 is 2.37 bits per heavy atom. The van der Waals surface area contributed by atoms with Gasteiger partial charge in [0.1, 0.15) is 0 Å². The number of hydrogen-bond donors (Lipinski definition) is 0. The van der Waals surface area contributed by atoms with Crippen LogP contribution in [0, 0.1) is 12.3 Å². The summed E-state index contributed by atoms with van der Waals surface area (Å²) in [4.78, 5) is 0.250. The van der Waals surface area contributed by atoms with Gasteiger partial charge in [-0.05, 0) is 38.0 Å². The SMILES string of the molecule is Cc1ccc(S(=O)(=O)/N=C2\C=CCCC2(C)C)cc1. The van der Waals surface area contributed by atoms with Crippen molar-refractivity contribution in [2.75, 3.05) is 0 Å². The van der Waals surface area contributed by atoms with Crippen LogP contribution in [-0.4, -0.2) is 14.1 Å². The fourth-order valence-electron chi connectivity index (χ4n) is 2.04. The third-order valence-corrected chi connectivity index (χ3v) is 4.75. The lowest BCUT2D eigenvalue weighted by Gasteiger charge is -2.27. The normalized spacial score (nSPS) is 20.7. The average Bonchev–Trinajstić information content (AvgIpc) is 2.32. The van der Waals surface area contributed by atoms with Crippen molar-refractivity contribution >= 4 is 15.7 Å². The summed E-state index contributed by atoms with van der Waals surface area (Å²) in [6.45, 7) is 5.98. The second kappa shape index (κ2) is 4.93. The van der Waals surface area contributed by atoms with Gasteiger partial charge in [0.05, 0.1) is 10.6 Å². The molecule has 0 aromatic heterocycles. The number of sulfonamides is 1. The molecule has 4 heteroatoms. The number of hydrogen-bond acceptors (Lipinski definition) is 2. The summed E-state index contributed by atoms with van der Waals surface area (Å²) in [5.74, 6) is 0. The Morgan fingerprint density at radius 1 is 1.16 bits per heavy atom. The average molecular weight is 277 g/mol. The van der Waals surface area contributed by atoms with Crippen LogP contribution >= 0.6 is 0 Å². The summed E-state index contributed by atoms with van der Waals surface area (Å²) in [5, 5.41) is 0. The Bertz CT molecular complexity index is 623. The summed E-state index contributed by atoms with van der Waals surface area (Å²) < 4.78 is 28.6. The molecule has 0 saturated heterocycles. The molecule has 0 bridgehead atoms. The highest BCUT2D eigenvalue weighted by atomic mass is 32.2. The quantitative estimate of drug-likeness (QED) is 0.830. The predicted molar refractivity (Wildman–Crippen MR) is 78.0 cm³/mol. The zero-order valence-electron chi connectivity index (χ0n) is 11.6. The molecule has 1 aromatic carbocycles. The number of aryl methyl sites for hydroxylation is 1. The summed E-state index contributed by atoms with van der Waals surface area (Å²) in [6, 6.07) is 6.78. The minimum Gasteiger partial charge on any atom is -0.199 e. The number of nitrogens with zero attached hydrogens (tertiary/aromatic N) is 1. The molecule has 19 heavy (non-hydrogen) atoms. The molecular weight excluding hydrogens is 258 g/mol. The number of rotatable bonds is 2. The van der Waals surface area contributed by atoms with Crippen molar-refractivity contribution in [2.45, 2.75) is 38.5 Å². The van der Waals surface area contributed by atoms with E-state index in [1.54, 1.807) is 24.3 Å². The minimum absolute atomic E-state index is 0.188. The van der Waals surface area contributed by atoms with E-state index >= 15 is 0 Å². The van der Waals surface area contributed by atoms with Gasteiger partial charge in [-0.25, -0.2) is 0 Å². The van der Waals surface area contributed by atoms with Crippen molar-refractivity contribution in [1.82, 2.24) is 0 Å². The van der Waals surface area contributed by atoms with E-state index in [1.165, 1.54) is 0 Å². The molecule has 1 aliphatic rings. The van der Waals surface area contributed by atoms with Gasteiger partial charge in [0.2, 0.25) is 0 Å². The molecule has 1 aliphatic carbocycles. The van der Waals surface area contributed by atoms with Crippen molar-refractivity contribution in [3.63, 3.8) is 0 Å². The molecule has 102 valence electrons. The number of benzene rings is 1. The van der Waals surface area contributed by atoms with E-state index in [0.717, 1.165) is 18.4 Å². The molecule has 0 amide bonds. The summed E-state index contributed by atoms with van der Waals surface area (Å²) in [5.41, 5.74) is 1.48. The zero-order valence-corrected chi connectivity index (χ0v) is 12.4. The summed E-state index contributed by atoms with van der Waals surface area (Å²) >= 11 is 0. The molecule has 0 heterocycles. The lowest BCUT2D eigenvalue weighted by molar-refractivity contribution is 0.475. The van der Waals surface area contributed by atoms with Gasteiger partial charge < -0.3 is 0 Å². The van der Waals surface area contributed by atoms with Crippen molar-refractivity contribution in [1.29, 1.82) is 0 Å². The monoisotopic (exact) mass is 277 g/mol. The zero-order chi connectivity index (χ0) is 14.1. The van der Waals surface area contributed by atoms with Crippen LogP contribution in [0.1, 0.15) is 32.3 Å². The summed E-state index contributed by atoms with van der Waals surface area (Å²) in [6.07, 6.45) is 5.70. The first kappa shape index (κ1) is 14.0. The van der Waals surface area contributed by atoms with Crippen LogP contribution in [0.15, 0.2) is 45.7 Å². The minimum atomic E-state index is -3.61. The van der Waals surface area contributed by atoms with Gasteiger partial charge in [0.25, 0.3) is 10.0 Å². The molecule has 0 fully saturated rings. The first-order valence-corrected chi connectivity index (χ1v) is 7.84. The van der Waals surface area contributed by atoms with Gasteiger partial charge in [-0.3, -0.25) is 0 Å². The Hall–Kier alpha value is -1.42. The maximum Gasteiger partial charge on any atom is 0.282 e. The van der Waals surface area contributed by atoms with E-state index in [4.69, 9.17) is 0 Å². The molecule has 3 nitrogen and oxygen atoms in total. The first-order chi connectivity index (χ1) is 8.81. The molecule has 0 aliphatic heterocycles. The fraction of sp³-hybridized carbons (Fsp3) is 0.400. The van der Waals surface area contributed by atoms with E-state index in [-0.39, 0.29) is 10.3 Å². The van der Waals surface area contributed by atoms with Gasteiger partial charge in [0, 0.05) is 5.41 Å². The molecule has 0 saturated carbocycles. The Labute approximate surface area is 115 Å². The summed E-state index contributed by atoms with van der Waals surface area (Å²) in [7, 11) is -3.61. The molecule has 1 aromatic rings. The third kappa shape index (κ3) is 3.13. The van der Waals surface area contributed by atoms with Gasteiger partial charge >= 0.3 is 0 Å². The van der Waals surface area contributed by atoms with Gasteiger partial charge in [-0.1, -0.05) is 37.6 Å². The maximum atomic E-state index is 12.3. The molecule has 0 N–H and O–H groups in total. The molecule has 0 radical (unpaired) electrons. The highest BCUT2D eigenvalue weighted by Gasteiger charge is 2.27. The fourth-order valence-corrected chi connectivity index (χ4v) is 3.19. The molecule has 0 atom stereocenters. The molecule has 2 rings (SSSR count). The Balaban J connectivity index is 2.43. The third-order valence-electron chi connectivity index (χ3n) is 3.44. The van der Waals surface area contributed by atoms with E-state index in [0.29, 0.717) is 5.71 Å². The molecule has 0 unspecified atom stereocenters. The molecular formula is C15H19NO2S. The molecule has 0 spiro atoms. The Kier molecular flexibility index (Phi) is 3.63. The maximum absolute atomic E-state index is 12.3. The van der Waals surface area contributed by atoms with Crippen LogP contribution in [0.2, 0.25) is 0 Å². The topological polar surface area (TPSA) is 46.5 Å². The van der Waals surface area contributed by atoms with Crippen molar-refractivity contribution in [2.24, 2.45) is 9.81 Å². The van der Waals surface area contributed by atoms with E-state index in [1.807, 2.05) is 32.9 Å². The number of allylic oxidation sites excluding steroid dienone is 2. The first-order valence-electron chi connectivity index (χ1n) is 6.40. The van der Waals surface area contributed by atoms with E-state index < -0.39 is 10.0 Å². The van der Waals surface area contributed by atoms with Gasteiger partial charge in [-0.2, -0.15) is 12.8 Å². The lowest BCUT2D eigenvalue weighted by Crippen LogP contribution is -2.26. The van der Waals surface area contributed by atoms with Crippen LogP contribution in [0.5, 0.6) is 0 Å². The van der Waals surface area contributed by atoms with Crippen LogP contribution < -0.4 is 0 Å².